The Hall–Kier alpha value is -2.41. The molecule has 0 N–H and O–H groups in total. The number of allylic oxidation sites excluding steroid dienone is 1. The summed E-state index contributed by atoms with van der Waals surface area (Å²) in [7, 11) is 0. The Bertz CT molecular complexity index is 1090. The van der Waals surface area contributed by atoms with Crippen molar-refractivity contribution in [3.8, 4) is 0 Å². The van der Waals surface area contributed by atoms with Gasteiger partial charge in [0.2, 0.25) is 5.91 Å². The van der Waals surface area contributed by atoms with Crippen LogP contribution in [-0.2, 0) is 17.9 Å². The monoisotopic (exact) mass is 384 g/mol. The fourth-order valence-electron chi connectivity index (χ4n) is 4.00. The Kier molecular flexibility index (Phi) is 4.63. The van der Waals surface area contributed by atoms with E-state index in [1.165, 1.54) is 9.56 Å². The molecule has 0 spiro atoms. The highest BCUT2D eigenvalue weighted by Crippen LogP contribution is 2.33. The average molecular weight is 385 g/mol. The van der Waals surface area contributed by atoms with Gasteiger partial charge in [0.05, 0.1) is 16.4 Å². The maximum absolute atomic E-state index is 13.1. The minimum atomic E-state index is -0.214. The van der Waals surface area contributed by atoms with E-state index in [1.54, 1.807) is 23.6 Å². The number of amides is 1. The molecule has 1 fully saturated rings. The molecule has 1 atom stereocenters. The van der Waals surface area contributed by atoms with Crippen molar-refractivity contribution in [1.82, 2.24) is 19.2 Å². The largest absolute Gasteiger partial charge is 0.341 e. The smallest absolute Gasteiger partial charge is 0.291 e. The Morgan fingerprint density at radius 1 is 1.48 bits per heavy atom. The lowest BCUT2D eigenvalue weighted by Gasteiger charge is -2.30. The molecule has 3 aromatic rings. The highest BCUT2D eigenvalue weighted by Gasteiger charge is 2.23. The highest BCUT2D eigenvalue weighted by molar-refractivity contribution is 7.20. The van der Waals surface area contributed by atoms with Crippen LogP contribution in [0.5, 0.6) is 0 Å². The summed E-state index contributed by atoms with van der Waals surface area (Å²) in [5.41, 5.74) is 1.42. The van der Waals surface area contributed by atoms with E-state index in [4.69, 9.17) is 0 Å². The Balaban J connectivity index is 1.75. The Labute approximate surface area is 161 Å². The molecule has 7 heteroatoms. The molecule has 0 radical (unpaired) electrons. The van der Waals surface area contributed by atoms with E-state index in [2.05, 4.69) is 31.6 Å². The molecule has 1 saturated heterocycles. The summed E-state index contributed by atoms with van der Waals surface area (Å²) in [5, 5.41) is 5.17. The van der Waals surface area contributed by atoms with Gasteiger partial charge in [0, 0.05) is 29.9 Å². The van der Waals surface area contributed by atoms with Crippen LogP contribution >= 0.6 is 11.3 Å². The van der Waals surface area contributed by atoms with Crippen LogP contribution in [0.2, 0.25) is 0 Å². The van der Waals surface area contributed by atoms with Crippen LogP contribution in [0.4, 0.5) is 0 Å². The van der Waals surface area contributed by atoms with E-state index in [0.717, 1.165) is 41.5 Å². The molecule has 0 saturated carbocycles. The third-order valence-electron chi connectivity index (χ3n) is 5.27. The van der Waals surface area contributed by atoms with E-state index in [0.29, 0.717) is 18.0 Å². The first kappa shape index (κ1) is 18.0. The summed E-state index contributed by atoms with van der Waals surface area (Å²) in [6, 6.07) is 2.09. The second-order valence-corrected chi connectivity index (χ2v) is 8.68. The summed E-state index contributed by atoms with van der Waals surface area (Å²) in [6.45, 7) is 10.1. The molecular formula is C20H24N4O2S. The number of thiophene rings is 1. The number of piperidine rings is 1. The minimum Gasteiger partial charge on any atom is -0.341 e. The number of likely N-dealkylation sites (tertiary alicyclic amines) is 1. The summed E-state index contributed by atoms with van der Waals surface area (Å²) in [4.78, 5) is 28.9. The van der Waals surface area contributed by atoms with Crippen molar-refractivity contribution in [3.05, 3.63) is 40.1 Å². The van der Waals surface area contributed by atoms with Crippen molar-refractivity contribution in [2.24, 2.45) is 5.92 Å². The molecule has 0 unspecified atom stereocenters. The van der Waals surface area contributed by atoms with Gasteiger partial charge in [-0.15, -0.1) is 17.9 Å². The molecule has 3 aromatic heterocycles. The van der Waals surface area contributed by atoms with Gasteiger partial charge < -0.3 is 9.47 Å². The first-order valence-corrected chi connectivity index (χ1v) is 10.2. The SMILES string of the molecule is C=CCn1c2cc(C)sc2c2cnn(CC(=O)N3CCC[C@@H](C)C3)c(=O)c21. The summed E-state index contributed by atoms with van der Waals surface area (Å²) >= 11 is 1.66. The zero-order valence-corrected chi connectivity index (χ0v) is 16.6. The number of rotatable bonds is 4. The normalized spacial score (nSPS) is 17.7. The van der Waals surface area contributed by atoms with Gasteiger partial charge in [0.25, 0.3) is 5.56 Å². The number of fused-ring (bicyclic) bond motifs is 3. The van der Waals surface area contributed by atoms with Crippen LogP contribution < -0.4 is 5.56 Å². The van der Waals surface area contributed by atoms with Gasteiger partial charge in [0.1, 0.15) is 12.1 Å². The van der Waals surface area contributed by atoms with Crippen LogP contribution in [0.25, 0.3) is 21.1 Å². The first-order chi connectivity index (χ1) is 13.0. The van der Waals surface area contributed by atoms with Crippen molar-refractivity contribution < 1.29 is 4.79 Å². The van der Waals surface area contributed by atoms with Crippen LogP contribution in [-0.4, -0.2) is 38.2 Å². The van der Waals surface area contributed by atoms with Crippen LogP contribution in [0.15, 0.2) is 29.7 Å². The van der Waals surface area contributed by atoms with Gasteiger partial charge in [0.15, 0.2) is 0 Å². The Morgan fingerprint density at radius 2 is 2.30 bits per heavy atom. The predicted octanol–water partition coefficient (Wildman–Crippen LogP) is 3.17. The van der Waals surface area contributed by atoms with Gasteiger partial charge in [-0.05, 0) is 31.7 Å². The number of carbonyl (C=O) groups is 1. The van der Waals surface area contributed by atoms with E-state index >= 15 is 0 Å². The third-order valence-corrected chi connectivity index (χ3v) is 6.34. The van der Waals surface area contributed by atoms with Crippen LogP contribution in [0.1, 0.15) is 24.6 Å². The lowest BCUT2D eigenvalue weighted by Crippen LogP contribution is -2.42. The topological polar surface area (TPSA) is 60.1 Å². The number of hydrogen-bond acceptors (Lipinski definition) is 4. The lowest BCUT2D eigenvalue weighted by molar-refractivity contribution is -0.133. The second kappa shape index (κ2) is 6.96. The van der Waals surface area contributed by atoms with E-state index in [1.807, 2.05) is 9.47 Å². The van der Waals surface area contributed by atoms with Gasteiger partial charge in [-0.1, -0.05) is 13.0 Å². The fraction of sp³-hybridized carbons (Fsp3) is 0.450. The van der Waals surface area contributed by atoms with Gasteiger partial charge in [-0.2, -0.15) is 5.10 Å². The molecule has 1 aliphatic heterocycles. The lowest BCUT2D eigenvalue weighted by atomic mass is 10.0. The first-order valence-electron chi connectivity index (χ1n) is 9.36. The number of nitrogens with zero attached hydrogens (tertiary/aromatic N) is 4. The quantitative estimate of drug-likeness (QED) is 0.649. The minimum absolute atomic E-state index is 0.00651. The molecule has 142 valence electrons. The summed E-state index contributed by atoms with van der Waals surface area (Å²) < 4.78 is 4.35. The predicted molar refractivity (Wildman–Crippen MR) is 109 cm³/mol. The molecule has 4 rings (SSSR count). The molecule has 0 aliphatic carbocycles. The van der Waals surface area contributed by atoms with Gasteiger partial charge in [-0.3, -0.25) is 9.59 Å². The van der Waals surface area contributed by atoms with Crippen molar-refractivity contribution in [1.29, 1.82) is 0 Å². The second-order valence-electron chi connectivity index (χ2n) is 7.43. The van der Waals surface area contributed by atoms with Crippen molar-refractivity contribution in [2.45, 2.75) is 39.8 Å². The molecule has 0 bridgehead atoms. The van der Waals surface area contributed by atoms with Crippen LogP contribution in [0.3, 0.4) is 0 Å². The van der Waals surface area contributed by atoms with E-state index < -0.39 is 0 Å². The summed E-state index contributed by atoms with van der Waals surface area (Å²) in [6.07, 6.45) is 5.68. The molecule has 6 nitrogen and oxygen atoms in total. The zero-order valence-electron chi connectivity index (χ0n) is 15.8. The van der Waals surface area contributed by atoms with Crippen molar-refractivity contribution in [3.63, 3.8) is 0 Å². The molecule has 1 aliphatic rings. The number of aromatic nitrogens is 3. The fourth-order valence-corrected chi connectivity index (χ4v) is 5.02. The molecular weight excluding hydrogens is 360 g/mol. The van der Waals surface area contributed by atoms with Gasteiger partial charge >= 0.3 is 0 Å². The third kappa shape index (κ3) is 3.10. The van der Waals surface area contributed by atoms with Crippen molar-refractivity contribution >= 4 is 38.4 Å². The van der Waals surface area contributed by atoms with Crippen LogP contribution in [0, 0.1) is 12.8 Å². The van der Waals surface area contributed by atoms with Crippen molar-refractivity contribution in [2.75, 3.05) is 13.1 Å². The van der Waals surface area contributed by atoms with Gasteiger partial charge in [-0.25, -0.2) is 4.68 Å². The molecule has 1 amide bonds. The molecule has 27 heavy (non-hydrogen) atoms. The standard InChI is InChI=1S/C20H24N4O2S/c1-4-7-23-16-9-14(3)27-19(16)15-10-21-24(20(26)18(15)23)12-17(25)22-8-5-6-13(2)11-22/h4,9-10,13H,1,5-8,11-12H2,2-3H3/t13-/m1/s1. The number of carbonyl (C=O) groups excluding carboxylic acids is 1. The molecule has 0 aromatic carbocycles. The average Bonchev–Trinajstić information content (AvgIpc) is 3.14. The highest BCUT2D eigenvalue weighted by atomic mass is 32.1. The zero-order chi connectivity index (χ0) is 19.1. The summed E-state index contributed by atoms with van der Waals surface area (Å²) in [5.74, 6) is 0.477. The maximum Gasteiger partial charge on any atom is 0.291 e. The van der Waals surface area contributed by atoms with E-state index in [-0.39, 0.29) is 18.0 Å². The maximum atomic E-state index is 13.1. The van der Waals surface area contributed by atoms with E-state index in [9.17, 15) is 9.59 Å². The Morgan fingerprint density at radius 3 is 3.04 bits per heavy atom. The number of hydrogen-bond donors (Lipinski definition) is 0. The molecule has 4 heterocycles. The number of aryl methyl sites for hydroxylation is 1.